The van der Waals surface area contributed by atoms with Crippen LogP contribution in [0.3, 0.4) is 0 Å². The summed E-state index contributed by atoms with van der Waals surface area (Å²) < 4.78 is 4.76. The molecule has 0 radical (unpaired) electrons. The average molecular weight is 213 g/mol. The highest BCUT2D eigenvalue weighted by atomic mass is 16.6. The lowest BCUT2D eigenvalue weighted by atomic mass is 9.93. The van der Waals surface area contributed by atoms with E-state index in [1.54, 1.807) is 20.8 Å². The highest BCUT2D eigenvalue weighted by Crippen LogP contribution is 2.28. The van der Waals surface area contributed by atoms with E-state index in [1.165, 1.54) is 0 Å². The number of nitro groups is 1. The molecule has 0 aliphatic heterocycles. The summed E-state index contributed by atoms with van der Waals surface area (Å²) in [6, 6.07) is 1.10. The first-order valence-corrected chi connectivity index (χ1v) is 4.25. The minimum absolute atomic E-state index is 0.204. The smallest absolute Gasteiger partial charge is 0.419 e. The molecule has 0 unspecified atom stereocenters. The molecule has 6 heteroatoms. The van der Waals surface area contributed by atoms with Gasteiger partial charge >= 0.3 is 11.3 Å². The number of nitrogens with zero attached hydrogens (tertiary/aromatic N) is 1. The summed E-state index contributed by atoms with van der Waals surface area (Å²) in [6.45, 7) is 5.28. The van der Waals surface area contributed by atoms with Gasteiger partial charge < -0.3 is 9.52 Å². The van der Waals surface area contributed by atoms with Crippen molar-refractivity contribution in [3.63, 3.8) is 0 Å². The maximum Gasteiger partial charge on any atom is 0.419 e. The Balaban J connectivity index is 3.46. The quantitative estimate of drug-likeness (QED) is 0.564. The first-order chi connectivity index (χ1) is 6.73. The zero-order valence-corrected chi connectivity index (χ0v) is 8.60. The van der Waals surface area contributed by atoms with Crippen molar-refractivity contribution >= 4 is 5.69 Å². The van der Waals surface area contributed by atoms with Crippen LogP contribution in [0.25, 0.3) is 0 Å². The molecule has 0 saturated carbocycles. The number of hydrogen-bond acceptors (Lipinski definition) is 5. The fourth-order valence-electron chi connectivity index (χ4n) is 1.01. The summed E-state index contributed by atoms with van der Waals surface area (Å²) in [5, 5.41) is 19.7. The number of aromatic hydroxyl groups is 1. The van der Waals surface area contributed by atoms with Crippen LogP contribution in [-0.4, -0.2) is 10.0 Å². The zero-order chi connectivity index (χ0) is 11.8. The Morgan fingerprint density at radius 2 is 2.00 bits per heavy atom. The van der Waals surface area contributed by atoms with Crippen LogP contribution in [-0.2, 0) is 5.41 Å². The van der Waals surface area contributed by atoms with Gasteiger partial charge in [0.05, 0.1) is 4.92 Å². The fourth-order valence-corrected chi connectivity index (χ4v) is 1.01. The van der Waals surface area contributed by atoms with Gasteiger partial charge in [-0.3, -0.25) is 10.1 Å². The van der Waals surface area contributed by atoms with E-state index in [-0.39, 0.29) is 5.76 Å². The van der Waals surface area contributed by atoms with E-state index in [4.69, 9.17) is 4.42 Å². The molecule has 0 fully saturated rings. The number of hydrogen-bond donors (Lipinski definition) is 1. The van der Waals surface area contributed by atoms with Crippen molar-refractivity contribution in [1.29, 1.82) is 0 Å². The summed E-state index contributed by atoms with van der Waals surface area (Å²) in [7, 11) is 0. The van der Waals surface area contributed by atoms with Gasteiger partial charge in [-0.15, -0.1) is 0 Å². The summed E-state index contributed by atoms with van der Waals surface area (Å²) >= 11 is 0. The summed E-state index contributed by atoms with van der Waals surface area (Å²) in [6.07, 6.45) is 0. The molecule has 0 aromatic carbocycles. The van der Waals surface area contributed by atoms with E-state index in [9.17, 15) is 20.0 Å². The van der Waals surface area contributed by atoms with Gasteiger partial charge in [0.25, 0.3) is 0 Å². The van der Waals surface area contributed by atoms with E-state index >= 15 is 0 Å². The van der Waals surface area contributed by atoms with Crippen LogP contribution in [0.2, 0.25) is 0 Å². The first kappa shape index (κ1) is 11.2. The Labute approximate surface area is 85.3 Å². The van der Waals surface area contributed by atoms with Gasteiger partial charge in [-0.25, -0.2) is 4.79 Å². The highest BCUT2D eigenvalue weighted by molar-refractivity contribution is 5.43. The fraction of sp³-hybridized carbons (Fsp3) is 0.444. The molecule has 0 amide bonds. The third-order valence-electron chi connectivity index (χ3n) is 1.83. The highest BCUT2D eigenvalue weighted by Gasteiger charge is 2.26. The Bertz CT molecular complexity index is 455. The van der Waals surface area contributed by atoms with Gasteiger partial charge in [-0.2, -0.15) is 0 Å². The molecule has 0 atom stereocenters. The van der Waals surface area contributed by atoms with Crippen LogP contribution in [0.1, 0.15) is 26.5 Å². The van der Waals surface area contributed by atoms with Gasteiger partial charge in [0.2, 0.25) is 5.75 Å². The van der Waals surface area contributed by atoms with E-state index in [0.717, 1.165) is 6.07 Å². The molecule has 0 bridgehead atoms. The van der Waals surface area contributed by atoms with Gasteiger partial charge in [0.1, 0.15) is 5.76 Å². The third-order valence-corrected chi connectivity index (χ3v) is 1.83. The molecule has 0 aliphatic rings. The van der Waals surface area contributed by atoms with E-state index in [1.807, 2.05) is 0 Å². The van der Waals surface area contributed by atoms with E-state index in [2.05, 4.69) is 0 Å². The van der Waals surface area contributed by atoms with Crippen molar-refractivity contribution < 1.29 is 14.4 Å². The minimum Gasteiger partial charge on any atom is -0.502 e. The molecule has 1 heterocycles. The molecule has 6 nitrogen and oxygen atoms in total. The molecule has 0 saturated heterocycles. The molecule has 1 aromatic heterocycles. The van der Waals surface area contributed by atoms with Crippen LogP contribution >= 0.6 is 0 Å². The lowest BCUT2D eigenvalue weighted by molar-refractivity contribution is -0.388. The molecule has 82 valence electrons. The predicted octanol–water partition coefficient (Wildman–Crippen LogP) is 1.55. The zero-order valence-electron chi connectivity index (χ0n) is 8.60. The maximum absolute atomic E-state index is 11.2. The second-order valence-electron chi connectivity index (χ2n) is 4.14. The Hall–Kier alpha value is -1.85. The predicted molar refractivity (Wildman–Crippen MR) is 52.0 cm³/mol. The van der Waals surface area contributed by atoms with Crippen molar-refractivity contribution in [2.24, 2.45) is 0 Å². The van der Waals surface area contributed by atoms with Crippen molar-refractivity contribution in [3.05, 3.63) is 32.4 Å². The third kappa shape index (κ3) is 2.15. The second-order valence-corrected chi connectivity index (χ2v) is 4.14. The van der Waals surface area contributed by atoms with Crippen LogP contribution in [0.15, 0.2) is 15.3 Å². The van der Waals surface area contributed by atoms with E-state index in [0.29, 0.717) is 0 Å². The van der Waals surface area contributed by atoms with Crippen molar-refractivity contribution in [2.75, 3.05) is 0 Å². The second kappa shape index (κ2) is 3.38. The topological polar surface area (TPSA) is 93.6 Å². The minimum atomic E-state index is -1.13. The molecular weight excluding hydrogens is 202 g/mol. The molecule has 0 aliphatic carbocycles. The molecule has 0 spiro atoms. The normalized spacial score (nSPS) is 11.4. The van der Waals surface area contributed by atoms with Gasteiger partial charge in [-0.05, 0) is 0 Å². The van der Waals surface area contributed by atoms with Crippen LogP contribution in [0.5, 0.6) is 5.75 Å². The standard InChI is InChI=1S/C9H11NO5/c1-9(2,3)6-4-5(11)7(10(13)14)8(12)15-6/h4,11H,1-3H3. The molecule has 1 aromatic rings. The van der Waals surface area contributed by atoms with Gasteiger partial charge in [0, 0.05) is 11.5 Å². The van der Waals surface area contributed by atoms with Gasteiger partial charge in [0.15, 0.2) is 0 Å². The summed E-state index contributed by atoms with van der Waals surface area (Å²) in [4.78, 5) is 20.6. The first-order valence-electron chi connectivity index (χ1n) is 4.25. The summed E-state index contributed by atoms with van der Waals surface area (Å²) in [5.41, 5.74) is -2.56. The van der Waals surface area contributed by atoms with Gasteiger partial charge in [-0.1, -0.05) is 20.8 Å². The molecule has 1 rings (SSSR count). The Morgan fingerprint density at radius 3 is 2.33 bits per heavy atom. The Kier molecular flexibility index (Phi) is 2.53. The van der Waals surface area contributed by atoms with E-state index < -0.39 is 27.4 Å². The molecule has 15 heavy (non-hydrogen) atoms. The van der Waals surface area contributed by atoms with Crippen molar-refractivity contribution in [2.45, 2.75) is 26.2 Å². The van der Waals surface area contributed by atoms with Crippen molar-refractivity contribution in [1.82, 2.24) is 0 Å². The lowest BCUT2D eigenvalue weighted by Gasteiger charge is -2.15. The molecular formula is C9H11NO5. The van der Waals surface area contributed by atoms with Crippen LogP contribution in [0, 0.1) is 10.1 Å². The maximum atomic E-state index is 11.2. The largest absolute Gasteiger partial charge is 0.502 e. The monoisotopic (exact) mass is 213 g/mol. The summed E-state index contributed by atoms with van der Waals surface area (Å²) in [5.74, 6) is -0.461. The molecule has 1 N–H and O–H groups in total. The lowest BCUT2D eigenvalue weighted by Crippen LogP contribution is -2.16. The van der Waals surface area contributed by atoms with Crippen LogP contribution < -0.4 is 5.63 Å². The average Bonchev–Trinajstić information content (AvgIpc) is 1.99. The SMILES string of the molecule is CC(C)(C)c1cc(O)c([N+](=O)[O-])c(=O)o1. The number of rotatable bonds is 1. The Morgan fingerprint density at radius 1 is 1.47 bits per heavy atom. The van der Waals surface area contributed by atoms with Crippen molar-refractivity contribution in [3.8, 4) is 5.75 Å². The van der Waals surface area contributed by atoms with Crippen LogP contribution in [0.4, 0.5) is 5.69 Å².